The van der Waals surface area contributed by atoms with Gasteiger partial charge >= 0.3 is 5.97 Å². The zero-order valence-electron chi connectivity index (χ0n) is 11.7. The molecule has 0 bridgehead atoms. The van der Waals surface area contributed by atoms with Gasteiger partial charge in [0, 0.05) is 24.3 Å². The van der Waals surface area contributed by atoms with E-state index < -0.39 is 0 Å². The molecule has 2 rings (SSSR count). The molecular formula is C16H21NO2. The number of esters is 1. The van der Waals surface area contributed by atoms with Crippen molar-refractivity contribution in [3.8, 4) is 0 Å². The number of ether oxygens (including phenoxy) is 1. The van der Waals surface area contributed by atoms with Gasteiger partial charge < -0.3 is 9.64 Å². The van der Waals surface area contributed by atoms with Crippen LogP contribution in [-0.2, 0) is 4.74 Å². The summed E-state index contributed by atoms with van der Waals surface area (Å²) in [4.78, 5) is 14.1. The van der Waals surface area contributed by atoms with Gasteiger partial charge in [0.05, 0.1) is 12.7 Å². The minimum Gasteiger partial charge on any atom is -0.465 e. The molecule has 0 spiro atoms. The quantitative estimate of drug-likeness (QED) is 0.775. The van der Waals surface area contributed by atoms with Crippen LogP contribution < -0.4 is 4.90 Å². The van der Waals surface area contributed by atoms with E-state index in [1.807, 2.05) is 12.1 Å². The maximum Gasteiger partial charge on any atom is 0.338 e. The van der Waals surface area contributed by atoms with Crippen molar-refractivity contribution in [2.45, 2.75) is 31.7 Å². The van der Waals surface area contributed by atoms with E-state index in [1.165, 1.54) is 32.8 Å². The zero-order valence-corrected chi connectivity index (χ0v) is 11.7. The first-order valence-electron chi connectivity index (χ1n) is 6.75. The molecule has 0 amide bonds. The van der Waals surface area contributed by atoms with Gasteiger partial charge in [-0.05, 0) is 25.0 Å². The number of carbonyl (C=O) groups excluding carboxylic acids is 1. The molecule has 1 aromatic carbocycles. The lowest BCUT2D eigenvalue weighted by atomic mass is 10.0. The topological polar surface area (TPSA) is 29.5 Å². The molecule has 1 aliphatic carbocycles. The smallest absolute Gasteiger partial charge is 0.338 e. The monoisotopic (exact) mass is 259 g/mol. The summed E-state index contributed by atoms with van der Waals surface area (Å²) in [5.74, 6) is -0.309. The summed E-state index contributed by atoms with van der Waals surface area (Å²) >= 11 is 0. The number of hydrogen-bond donors (Lipinski definition) is 0. The second kappa shape index (κ2) is 5.91. The molecule has 0 atom stereocenters. The van der Waals surface area contributed by atoms with Crippen molar-refractivity contribution >= 4 is 17.7 Å². The van der Waals surface area contributed by atoms with Crippen molar-refractivity contribution in [1.29, 1.82) is 0 Å². The second-order valence-electron chi connectivity index (χ2n) is 4.98. The Morgan fingerprint density at radius 1 is 1.42 bits per heavy atom. The van der Waals surface area contributed by atoms with Crippen LogP contribution in [-0.4, -0.2) is 26.2 Å². The average molecular weight is 259 g/mol. The molecule has 3 nitrogen and oxygen atoms in total. The fourth-order valence-corrected chi connectivity index (χ4v) is 2.85. The number of anilines is 1. The predicted octanol–water partition coefficient (Wildman–Crippen LogP) is 3.50. The van der Waals surface area contributed by atoms with Crippen molar-refractivity contribution in [1.82, 2.24) is 0 Å². The Labute approximate surface area is 114 Å². The van der Waals surface area contributed by atoms with Gasteiger partial charge in [-0.3, -0.25) is 0 Å². The molecule has 0 saturated heterocycles. The fraction of sp³-hybridized carbons (Fsp3) is 0.438. The molecule has 1 aromatic rings. The first-order valence-corrected chi connectivity index (χ1v) is 6.75. The molecule has 0 heterocycles. The first-order chi connectivity index (χ1) is 9.19. The molecule has 0 aliphatic heterocycles. The van der Waals surface area contributed by atoms with E-state index in [2.05, 4.69) is 18.5 Å². The number of nitrogens with zero attached hydrogens (tertiary/aromatic N) is 1. The van der Waals surface area contributed by atoms with Gasteiger partial charge in [-0.2, -0.15) is 0 Å². The van der Waals surface area contributed by atoms with E-state index in [9.17, 15) is 4.79 Å². The Morgan fingerprint density at radius 3 is 2.68 bits per heavy atom. The highest BCUT2D eigenvalue weighted by atomic mass is 16.5. The molecule has 1 saturated carbocycles. The molecule has 3 heteroatoms. The third-order valence-electron chi connectivity index (χ3n) is 3.94. The molecule has 19 heavy (non-hydrogen) atoms. The third-order valence-corrected chi connectivity index (χ3v) is 3.94. The van der Waals surface area contributed by atoms with Crippen LogP contribution in [0.5, 0.6) is 0 Å². The van der Waals surface area contributed by atoms with Crippen LogP contribution in [0.25, 0.3) is 6.08 Å². The van der Waals surface area contributed by atoms with Crippen LogP contribution in [0.4, 0.5) is 5.69 Å². The summed E-state index contributed by atoms with van der Waals surface area (Å²) in [6.45, 7) is 3.84. The summed E-state index contributed by atoms with van der Waals surface area (Å²) in [6, 6.07) is 6.29. The molecule has 102 valence electrons. The molecule has 0 aromatic heterocycles. The fourth-order valence-electron chi connectivity index (χ4n) is 2.85. The summed E-state index contributed by atoms with van der Waals surface area (Å²) < 4.78 is 4.83. The number of methoxy groups -OCH3 is 1. The maximum atomic E-state index is 11.8. The lowest BCUT2D eigenvalue weighted by molar-refractivity contribution is 0.0600. The van der Waals surface area contributed by atoms with Gasteiger partial charge in [0.1, 0.15) is 0 Å². The van der Waals surface area contributed by atoms with E-state index in [0.717, 1.165) is 11.3 Å². The van der Waals surface area contributed by atoms with Gasteiger partial charge in [-0.25, -0.2) is 4.79 Å². The number of rotatable bonds is 4. The lowest BCUT2D eigenvalue weighted by Crippen LogP contribution is -2.29. The highest BCUT2D eigenvalue weighted by Gasteiger charge is 2.23. The van der Waals surface area contributed by atoms with Crippen LogP contribution in [0.2, 0.25) is 0 Å². The number of hydrogen-bond acceptors (Lipinski definition) is 3. The summed E-state index contributed by atoms with van der Waals surface area (Å²) in [7, 11) is 3.50. The molecule has 1 aliphatic rings. The Morgan fingerprint density at radius 2 is 2.11 bits per heavy atom. The SMILES string of the molecule is C=Cc1c(C(=O)OC)cccc1N(C)C1CCCC1. The second-order valence-corrected chi connectivity index (χ2v) is 4.98. The Bertz CT molecular complexity index is 476. The minimum absolute atomic E-state index is 0.309. The van der Waals surface area contributed by atoms with Crippen molar-refractivity contribution < 1.29 is 9.53 Å². The highest BCUT2D eigenvalue weighted by Crippen LogP contribution is 2.31. The van der Waals surface area contributed by atoms with Crippen LogP contribution in [0, 0.1) is 0 Å². The van der Waals surface area contributed by atoms with Gasteiger partial charge in [0.2, 0.25) is 0 Å². The molecule has 0 unspecified atom stereocenters. The lowest BCUT2D eigenvalue weighted by Gasteiger charge is -2.28. The molecule has 0 radical (unpaired) electrons. The first kappa shape index (κ1) is 13.7. The van der Waals surface area contributed by atoms with Crippen molar-refractivity contribution in [2.75, 3.05) is 19.1 Å². The van der Waals surface area contributed by atoms with Gasteiger partial charge in [-0.15, -0.1) is 0 Å². The third kappa shape index (κ3) is 2.65. The van der Waals surface area contributed by atoms with E-state index in [-0.39, 0.29) is 5.97 Å². The number of benzene rings is 1. The minimum atomic E-state index is -0.309. The Kier molecular flexibility index (Phi) is 4.25. The highest BCUT2D eigenvalue weighted by molar-refractivity contribution is 5.96. The van der Waals surface area contributed by atoms with E-state index in [0.29, 0.717) is 11.6 Å². The molecule has 1 fully saturated rings. The van der Waals surface area contributed by atoms with E-state index in [4.69, 9.17) is 4.74 Å². The van der Waals surface area contributed by atoms with E-state index >= 15 is 0 Å². The Balaban J connectivity index is 2.39. The molecular weight excluding hydrogens is 238 g/mol. The van der Waals surface area contributed by atoms with E-state index in [1.54, 1.807) is 12.1 Å². The normalized spacial score (nSPS) is 15.3. The Hall–Kier alpha value is -1.77. The predicted molar refractivity (Wildman–Crippen MR) is 78.5 cm³/mol. The average Bonchev–Trinajstić information content (AvgIpc) is 2.98. The maximum absolute atomic E-state index is 11.8. The van der Waals surface area contributed by atoms with Crippen LogP contribution >= 0.6 is 0 Å². The summed E-state index contributed by atoms with van der Waals surface area (Å²) in [6.07, 6.45) is 6.75. The zero-order chi connectivity index (χ0) is 13.8. The van der Waals surface area contributed by atoms with Crippen molar-refractivity contribution in [3.05, 3.63) is 35.9 Å². The van der Waals surface area contributed by atoms with Crippen LogP contribution in [0.3, 0.4) is 0 Å². The van der Waals surface area contributed by atoms with Gasteiger partial charge in [0.15, 0.2) is 0 Å². The van der Waals surface area contributed by atoms with Crippen molar-refractivity contribution in [2.24, 2.45) is 0 Å². The number of carbonyl (C=O) groups is 1. The van der Waals surface area contributed by atoms with Crippen LogP contribution in [0.15, 0.2) is 24.8 Å². The largest absolute Gasteiger partial charge is 0.465 e. The summed E-state index contributed by atoms with van der Waals surface area (Å²) in [5.41, 5.74) is 2.51. The summed E-state index contributed by atoms with van der Waals surface area (Å²) in [5, 5.41) is 0. The van der Waals surface area contributed by atoms with Crippen molar-refractivity contribution in [3.63, 3.8) is 0 Å². The standard InChI is InChI=1S/C16H21NO2/c1-4-13-14(16(18)19-3)10-7-11-15(13)17(2)12-8-5-6-9-12/h4,7,10-12H,1,5-6,8-9H2,2-3H3. The van der Waals surface area contributed by atoms with Gasteiger partial charge in [0.25, 0.3) is 0 Å². The van der Waals surface area contributed by atoms with Gasteiger partial charge in [-0.1, -0.05) is 31.6 Å². The molecule has 0 N–H and O–H groups in total. The van der Waals surface area contributed by atoms with Crippen LogP contribution in [0.1, 0.15) is 41.6 Å².